The van der Waals surface area contributed by atoms with Crippen molar-refractivity contribution in [2.75, 3.05) is 29.9 Å². The molecular weight excluding hydrogens is 412 g/mol. The number of hydrogen-bond acceptors (Lipinski definition) is 4. The number of nitrogens with zero attached hydrogens (tertiary/aromatic N) is 1. The Kier molecular flexibility index (Phi) is 7.63. The highest BCUT2D eigenvalue weighted by Gasteiger charge is 2.23. The number of anilines is 2. The van der Waals surface area contributed by atoms with Gasteiger partial charge in [0.2, 0.25) is 11.8 Å². The Balaban J connectivity index is 1.65. The number of nitrogens with two attached hydrogens (primary N) is 1. The Labute approximate surface area is 185 Å². The van der Waals surface area contributed by atoms with E-state index in [1.54, 1.807) is 29.2 Å². The van der Waals surface area contributed by atoms with Crippen LogP contribution < -0.4 is 31.9 Å². The average Bonchev–Trinajstić information content (AvgIpc) is 3.19. The van der Waals surface area contributed by atoms with Gasteiger partial charge in [-0.15, -0.1) is 0 Å². The molecule has 6 N–H and O–H groups in total. The topological polar surface area (TPSA) is 146 Å². The smallest absolute Gasteiger partial charge is 0.321 e. The summed E-state index contributed by atoms with van der Waals surface area (Å²) in [5.74, 6) is -0.949. The molecule has 1 aliphatic rings. The van der Waals surface area contributed by atoms with Crippen molar-refractivity contribution in [2.24, 2.45) is 5.73 Å². The van der Waals surface area contributed by atoms with Crippen LogP contribution in [0.15, 0.2) is 54.6 Å². The summed E-state index contributed by atoms with van der Waals surface area (Å²) < 4.78 is 0. The third-order valence-corrected chi connectivity index (χ3v) is 4.85. The number of hydrogen-bond donors (Lipinski definition) is 5. The molecule has 1 heterocycles. The Morgan fingerprint density at radius 1 is 1.09 bits per heavy atom. The van der Waals surface area contributed by atoms with Crippen LogP contribution in [0.3, 0.4) is 0 Å². The summed E-state index contributed by atoms with van der Waals surface area (Å²) in [7, 11) is 0. The quantitative estimate of drug-likeness (QED) is 0.397. The minimum Gasteiger partial charge on any atom is -0.370 e. The van der Waals surface area contributed by atoms with E-state index in [2.05, 4.69) is 21.3 Å². The minimum absolute atomic E-state index is 0.00681. The van der Waals surface area contributed by atoms with Crippen molar-refractivity contribution < 1.29 is 19.2 Å². The molecule has 1 atom stereocenters. The fraction of sp³-hybridized carbons (Fsp3) is 0.273. The largest absolute Gasteiger partial charge is 0.370 e. The van der Waals surface area contributed by atoms with Crippen LogP contribution in [-0.4, -0.2) is 49.6 Å². The molecular formula is C22H26N6O4. The summed E-state index contributed by atoms with van der Waals surface area (Å²) in [5.41, 5.74) is 7.11. The summed E-state index contributed by atoms with van der Waals surface area (Å²) in [6.07, 6.45) is 0.275. The SMILES string of the molecule is NC(=O)CCNC(=O)[C@H](Cc1ccccc1)NC(=O)Nc1cccc(N2CCNC2=O)c1. The van der Waals surface area contributed by atoms with E-state index in [9.17, 15) is 19.2 Å². The van der Waals surface area contributed by atoms with Crippen molar-refractivity contribution in [3.63, 3.8) is 0 Å². The third-order valence-electron chi connectivity index (χ3n) is 4.85. The fourth-order valence-electron chi connectivity index (χ4n) is 3.29. The highest BCUT2D eigenvalue weighted by Crippen LogP contribution is 2.21. The second kappa shape index (κ2) is 10.8. The van der Waals surface area contributed by atoms with E-state index in [0.29, 0.717) is 24.5 Å². The van der Waals surface area contributed by atoms with Gasteiger partial charge in [0.1, 0.15) is 6.04 Å². The van der Waals surface area contributed by atoms with E-state index in [-0.39, 0.29) is 25.4 Å². The minimum atomic E-state index is -0.863. The molecule has 32 heavy (non-hydrogen) atoms. The second-order valence-corrected chi connectivity index (χ2v) is 7.28. The molecule has 1 saturated heterocycles. The number of amides is 6. The zero-order chi connectivity index (χ0) is 22.9. The van der Waals surface area contributed by atoms with Gasteiger partial charge in [0, 0.05) is 43.9 Å². The first kappa shape index (κ1) is 22.6. The summed E-state index contributed by atoms with van der Waals surface area (Å²) in [4.78, 5) is 49.6. The predicted octanol–water partition coefficient (Wildman–Crippen LogP) is 0.941. The molecule has 1 aliphatic heterocycles. The van der Waals surface area contributed by atoms with Gasteiger partial charge >= 0.3 is 12.1 Å². The van der Waals surface area contributed by atoms with E-state index < -0.39 is 23.9 Å². The number of rotatable bonds is 9. The van der Waals surface area contributed by atoms with Crippen LogP contribution in [0.1, 0.15) is 12.0 Å². The van der Waals surface area contributed by atoms with Gasteiger partial charge < -0.3 is 27.0 Å². The lowest BCUT2D eigenvalue weighted by Crippen LogP contribution is -2.49. The summed E-state index contributed by atoms with van der Waals surface area (Å²) in [6, 6.07) is 14.5. The maximum atomic E-state index is 12.6. The number of urea groups is 2. The zero-order valence-corrected chi connectivity index (χ0v) is 17.5. The van der Waals surface area contributed by atoms with Crippen LogP contribution in [0.4, 0.5) is 21.0 Å². The highest BCUT2D eigenvalue weighted by atomic mass is 16.2. The molecule has 0 unspecified atom stereocenters. The van der Waals surface area contributed by atoms with Gasteiger partial charge in [0.05, 0.1) is 0 Å². The van der Waals surface area contributed by atoms with Gasteiger partial charge in [-0.05, 0) is 23.8 Å². The van der Waals surface area contributed by atoms with E-state index in [1.807, 2.05) is 30.3 Å². The lowest BCUT2D eigenvalue weighted by atomic mass is 10.1. The molecule has 0 bridgehead atoms. The Morgan fingerprint density at radius 2 is 1.88 bits per heavy atom. The van der Waals surface area contributed by atoms with E-state index in [1.165, 1.54) is 0 Å². The number of benzene rings is 2. The van der Waals surface area contributed by atoms with Crippen molar-refractivity contribution in [3.8, 4) is 0 Å². The highest BCUT2D eigenvalue weighted by molar-refractivity contribution is 5.97. The molecule has 0 spiro atoms. The average molecular weight is 438 g/mol. The number of carbonyl (C=O) groups is 4. The van der Waals surface area contributed by atoms with Crippen LogP contribution in [0.5, 0.6) is 0 Å². The molecule has 3 rings (SSSR count). The van der Waals surface area contributed by atoms with Crippen molar-refractivity contribution >= 4 is 35.3 Å². The normalized spacial score (nSPS) is 13.8. The molecule has 2 aromatic rings. The van der Waals surface area contributed by atoms with Gasteiger partial charge in [-0.1, -0.05) is 36.4 Å². The van der Waals surface area contributed by atoms with Crippen LogP contribution in [0, 0.1) is 0 Å². The Hall–Kier alpha value is -4.08. The van der Waals surface area contributed by atoms with Gasteiger partial charge in [0.15, 0.2) is 0 Å². The Morgan fingerprint density at radius 3 is 2.56 bits per heavy atom. The second-order valence-electron chi connectivity index (χ2n) is 7.28. The first-order valence-corrected chi connectivity index (χ1v) is 10.3. The third kappa shape index (κ3) is 6.46. The molecule has 0 radical (unpaired) electrons. The summed E-state index contributed by atoms with van der Waals surface area (Å²) in [5, 5.41) is 10.7. The van der Waals surface area contributed by atoms with Crippen LogP contribution in [-0.2, 0) is 16.0 Å². The van der Waals surface area contributed by atoms with Gasteiger partial charge in [-0.3, -0.25) is 14.5 Å². The zero-order valence-electron chi connectivity index (χ0n) is 17.5. The summed E-state index contributed by atoms with van der Waals surface area (Å²) in [6.45, 7) is 1.19. The molecule has 6 amide bonds. The van der Waals surface area contributed by atoms with Gasteiger partial charge in [0.25, 0.3) is 0 Å². The van der Waals surface area contributed by atoms with Gasteiger partial charge in [-0.2, -0.15) is 0 Å². The van der Waals surface area contributed by atoms with Crippen molar-refractivity contribution in [2.45, 2.75) is 18.9 Å². The monoisotopic (exact) mass is 438 g/mol. The van der Waals surface area contributed by atoms with Crippen LogP contribution in [0.2, 0.25) is 0 Å². The number of nitrogens with one attached hydrogen (secondary N) is 4. The Bertz CT molecular complexity index is 981. The standard InChI is InChI=1S/C22H26N6O4/c23-19(29)9-10-24-20(30)18(13-15-5-2-1-3-6-15)27-21(31)26-16-7-4-8-17(14-16)28-12-11-25-22(28)32/h1-8,14,18H,9-13H2,(H2,23,29)(H,24,30)(H,25,32)(H2,26,27,31)/t18-/m0/s1. The maximum absolute atomic E-state index is 12.6. The van der Waals surface area contributed by atoms with Crippen LogP contribution >= 0.6 is 0 Å². The summed E-state index contributed by atoms with van der Waals surface area (Å²) >= 11 is 0. The lowest BCUT2D eigenvalue weighted by molar-refractivity contribution is -0.123. The first-order valence-electron chi connectivity index (χ1n) is 10.3. The van der Waals surface area contributed by atoms with E-state index in [4.69, 9.17) is 5.73 Å². The molecule has 0 aromatic heterocycles. The fourth-order valence-corrected chi connectivity index (χ4v) is 3.29. The van der Waals surface area contributed by atoms with Gasteiger partial charge in [-0.25, -0.2) is 9.59 Å². The van der Waals surface area contributed by atoms with Crippen molar-refractivity contribution in [1.82, 2.24) is 16.0 Å². The molecule has 1 fully saturated rings. The maximum Gasteiger partial charge on any atom is 0.321 e. The number of carbonyl (C=O) groups excluding carboxylic acids is 4. The molecule has 168 valence electrons. The first-order chi connectivity index (χ1) is 15.4. The molecule has 10 nitrogen and oxygen atoms in total. The van der Waals surface area contributed by atoms with E-state index in [0.717, 1.165) is 5.56 Å². The molecule has 10 heteroatoms. The molecule has 2 aromatic carbocycles. The van der Waals surface area contributed by atoms with Crippen LogP contribution in [0.25, 0.3) is 0 Å². The van der Waals surface area contributed by atoms with Crippen molar-refractivity contribution in [3.05, 3.63) is 60.2 Å². The number of primary amides is 1. The molecule has 0 aliphatic carbocycles. The van der Waals surface area contributed by atoms with Crippen molar-refractivity contribution in [1.29, 1.82) is 0 Å². The predicted molar refractivity (Wildman–Crippen MR) is 120 cm³/mol. The lowest BCUT2D eigenvalue weighted by Gasteiger charge is -2.20. The van der Waals surface area contributed by atoms with E-state index >= 15 is 0 Å². The molecule has 0 saturated carbocycles.